The molecular formula is C11H18O3S2. The van der Waals surface area contributed by atoms with Gasteiger partial charge >= 0.3 is 0 Å². The first-order chi connectivity index (χ1) is 7.20. The molecule has 1 aromatic rings. The number of sulfone groups is 1. The fourth-order valence-electron chi connectivity index (χ4n) is 1.28. The van der Waals surface area contributed by atoms with E-state index in [4.69, 9.17) is 0 Å². The van der Waals surface area contributed by atoms with Crippen LogP contribution in [0.1, 0.15) is 36.6 Å². The Kier molecular flexibility index (Phi) is 3.82. The first kappa shape index (κ1) is 13.7. The Morgan fingerprint density at radius 3 is 2.38 bits per heavy atom. The summed E-state index contributed by atoms with van der Waals surface area (Å²) in [6.07, 6.45) is 1.09. The molecule has 1 N–H and O–H groups in total. The maximum Gasteiger partial charge on any atom is 0.155 e. The highest BCUT2D eigenvalue weighted by Gasteiger charge is 2.39. The molecule has 0 saturated carbocycles. The molecule has 0 aliphatic rings. The molecule has 1 rings (SSSR count). The summed E-state index contributed by atoms with van der Waals surface area (Å²) in [5.74, 6) is 0. The molecule has 0 radical (unpaired) electrons. The van der Waals surface area contributed by atoms with Crippen LogP contribution >= 0.6 is 11.3 Å². The molecule has 1 atom stereocenters. The average molecular weight is 262 g/mol. The summed E-state index contributed by atoms with van der Waals surface area (Å²) >= 11 is 1.47. The predicted molar refractivity (Wildman–Crippen MR) is 67.6 cm³/mol. The average Bonchev–Trinajstić information content (AvgIpc) is 2.62. The molecule has 0 saturated heterocycles. The molecule has 0 amide bonds. The van der Waals surface area contributed by atoms with Gasteiger partial charge in [-0.1, -0.05) is 6.92 Å². The molecule has 0 aliphatic heterocycles. The molecule has 1 aromatic heterocycles. The number of hydrogen-bond donors (Lipinski definition) is 1. The van der Waals surface area contributed by atoms with E-state index < -0.39 is 20.7 Å². The van der Waals surface area contributed by atoms with E-state index in [1.54, 1.807) is 19.9 Å². The van der Waals surface area contributed by atoms with Gasteiger partial charge in [0.1, 0.15) is 6.10 Å². The number of aliphatic hydroxyl groups excluding tert-OH is 1. The smallest absolute Gasteiger partial charge is 0.155 e. The van der Waals surface area contributed by atoms with E-state index in [0.29, 0.717) is 4.88 Å². The topological polar surface area (TPSA) is 54.4 Å². The van der Waals surface area contributed by atoms with Gasteiger partial charge in [-0.3, -0.25) is 0 Å². The molecule has 5 heteroatoms. The van der Waals surface area contributed by atoms with Crippen molar-refractivity contribution in [2.24, 2.45) is 0 Å². The van der Waals surface area contributed by atoms with Crippen LogP contribution in [-0.2, 0) is 16.3 Å². The van der Waals surface area contributed by atoms with E-state index in [1.807, 2.05) is 13.0 Å². The van der Waals surface area contributed by atoms with Crippen molar-refractivity contribution in [3.8, 4) is 0 Å². The zero-order chi connectivity index (χ0) is 12.6. The van der Waals surface area contributed by atoms with Gasteiger partial charge in [-0.15, -0.1) is 11.3 Å². The second kappa shape index (κ2) is 4.47. The molecule has 0 fully saturated rings. The van der Waals surface area contributed by atoms with Crippen LogP contribution < -0.4 is 0 Å². The maximum atomic E-state index is 11.6. The lowest BCUT2D eigenvalue weighted by Crippen LogP contribution is -2.37. The summed E-state index contributed by atoms with van der Waals surface area (Å²) in [6.45, 7) is 5.14. The van der Waals surface area contributed by atoms with Crippen LogP contribution in [0.4, 0.5) is 0 Å². The molecule has 0 bridgehead atoms. The van der Waals surface area contributed by atoms with Gasteiger partial charge < -0.3 is 5.11 Å². The van der Waals surface area contributed by atoms with Crippen LogP contribution in [0.25, 0.3) is 0 Å². The monoisotopic (exact) mass is 262 g/mol. The summed E-state index contributed by atoms with van der Waals surface area (Å²) in [7, 11) is -3.29. The lowest BCUT2D eigenvalue weighted by Gasteiger charge is -2.27. The van der Waals surface area contributed by atoms with Gasteiger partial charge in [0.05, 0.1) is 4.75 Å². The summed E-state index contributed by atoms with van der Waals surface area (Å²) in [5.41, 5.74) is 0. The van der Waals surface area contributed by atoms with Crippen molar-refractivity contribution in [1.82, 2.24) is 0 Å². The molecule has 0 aromatic carbocycles. The summed E-state index contributed by atoms with van der Waals surface area (Å²) in [4.78, 5) is 1.87. The fourth-order valence-corrected chi connectivity index (χ4v) is 3.01. The predicted octanol–water partition coefficient (Wildman–Crippen LogP) is 2.17. The van der Waals surface area contributed by atoms with E-state index in [9.17, 15) is 13.5 Å². The molecule has 92 valence electrons. The third kappa shape index (κ3) is 2.47. The summed E-state index contributed by atoms with van der Waals surface area (Å²) in [5, 5.41) is 10.1. The number of hydrogen-bond acceptors (Lipinski definition) is 4. The molecule has 1 unspecified atom stereocenters. The first-order valence-electron chi connectivity index (χ1n) is 5.16. The SMILES string of the molecule is CCc1ccc(C(O)C(C)(C)S(C)(=O)=O)s1. The van der Waals surface area contributed by atoms with Gasteiger partial charge in [0, 0.05) is 16.0 Å². The van der Waals surface area contributed by atoms with E-state index in [-0.39, 0.29) is 0 Å². The molecule has 1 heterocycles. The van der Waals surface area contributed by atoms with Crippen molar-refractivity contribution in [3.63, 3.8) is 0 Å². The Morgan fingerprint density at radius 1 is 1.44 bits per heavy atom. The highest BCUT2D eigenvalue weighted by atomic mass is 32.2. The highest BCUT2D eigenvalue weighted by molar-refractivity contribution is 7.92. The zero-order valence-electron chi connectivity index (χ0n) is 10.0. The molecule has 16 heavy (non-hydrogen) atoms. The lowest BCUT2D eigenvalue weighted by molar-refractivity contribution is 0.143. The summed E-state index contributed by atoms with van der Waals surface area (Å²) < 4.78 is 22.0. The van der Waals surface area contributed by atoms with E-state index >= 15 is 0 Å². The van der Waals surface area contributed by atoms with Crippen molar-refractivity contribution in [2.75, 3.05) is 6.26 Å². The minimum absolute atomic E-state index is 0.715. The van der Waals surface area contributed by atoms with Crippen LogP contribution in [0.2, 0.25) is 0 Å². The lowest BCUT2D eigenvalue weighted by atomic mass is 10.1. The van der Waals surface area contributed by atoms with Crippen LogP contribution in [0.3, 0.4) is 0 Å². The molecule has 3 nitrogen and oxygen atoms in total. The third-order valence-electron chi connectivity index (χ3n) is 2.91. The zero-order valence-corrected chi connectivity index (χ0v) is 11.7. The third-order valence-corrected chi connectivity index (χ3v) is 6.33. The van der Waals surface area contributed by atoms with Crippen LogP contribution in [0, 0.1) is 0 Å². The fraction of sp³-hybridized carbons (Fsp3) is 0.636. The van der Waals surface area contributed by atoms with Gasteiger partial charge in [-0.25, -0.2) is 8.42 Å². The van der Waals surface area contributed by atoms with E-state index in [2.05, 4.69) is 0 Å². The number of rotatable bonds is 4. The van der Waals surface area contributed by atoms with Gasteiger partial charge in [0.25, 0.3) is 0 Å². The summed E-state index contributed by atoms with van der Waals surface area (Å²) in [6, 6.07) is 3.74. The number of aliphatic hydroxyl groups is 1. The van der Waals surface area contributed by atoms with Crippen LogP contribution in [0.15, 0.2) is 12.1 Å². The Labute approximate surface area is 101 Å². The van der Waals surface area contributed by atoms with Crippen LogP contribution in [-0.4, -0.2) is 24.5 Å². The van der Waals surface area contributed by atoms with Crippen molar-refractivity contribution < 1.29 is 13.5 Å². The van der Waals surface area contributed by atoms with E-state index in [1.165, 1.54) is 11.3 Å². The van der Waals surface area contributed by atoms with Gasteiger partial charge in [-0.05, 0) is 32.4 Å². The van der Waals surface area contributed by atoms with Crippen molar-refractivity contribution in [2.45, 2.75) is 38.0 Å². The van der Waals surface area contributed by atoms with Gasteiger partial charge in [0.15, 0.2) is 9.84 Å². The normalized spacial score (nSPS) is 15.1. The van der Waals surface area contributed by atoms with Gasteiger partial charge in [0.2, 0.25) is 0 Å². The van der Waals surface area contributed by atoms with Crippen molar-refractivity contribution in [1.29, 1.82) is 0 Å². The Morgan fingerprint density at radius 2 is 2.00 bits per heavy atom. The quantitative estimate of drug-likeness (QED) is 0.904. The second-order valence-electron chi connectivity index (χ2n) is 4.44. The van der Waals surface area contributed by atoms with Crippen molar-refractivity contribution >= 4 is 21.2 Å². The molecular weight excluding hydrogens is 244 g/mol. The minimum atomic E-state index is -3.29. The van der Waals surface area contributed by atoms with Gasteiger partial charge in [-0.2, -0.15) is 0 Å². The number of thiophene rings is 1. The number of aryl methyl sites for hydroxylation is 1. The van der Waals surface area contributed by atoms with E-state index in [0.717, 1.165) is 17.6 Å². The van der Waals surface area contributed by atoms with Crippen molar-refractivity contribution in [3.05, 3.63) is 21.9 Å². The Balaban J connectivity index is 3.06. The standard InChI is InChI=1S/C11H18O3S2/c1-5-8-6-7-9(15-8)10(12)11(2,3)16(4,13)14/h6-7,10,12H,5H2,1-4H3. The molecule has 0 spiro atoms. The highest BCUT2D eigenvalue weighted by Crippen LogP contribution is 2.35. The first-order valence-corrected chi connectivity index (χ1v) is 7.87. The Bertz CT molecular complexity index is 457. The maximum absolute atomic E-state index is 11.6. The second-order valence-corrected chi connectivity index (χ2v) is 8.23. The van der Waals surface area contributed by atoms with Crippen LogP contribution in [0.5, 0.6) is 0 Å². The minimum Gasteiger partial charge on any atom is -0.386 e. The largest absolute Gasteiger partial charge is 0.386 e. The Hall–Kier alpha value is -0.390. The molecule has 0 aliphatic carbocycles.